The zero-order valence-corrected chi connectivity index (χ0v) is 12.5. The van der Waals surface area contributed by atoms with Crippen LogP contribution in [-0.2, 0) is 11.2 Å². The second kappa shape index (κ2) is 7.16. The number of β-amino-alcohol motifs (C(OH)–C–C–N with tert-alkyl or cyclic N) is 1. The normalized spacial score (nSPS) is 27.0. The van der Waals surface area contributed by atoms with Crippen molar-refractivity contribution in [2.45, 2.75) is 18.6 Å². The lowest BCUT2D eigenvalue weighted by Gasteiger charge is -2.23. The Hall–Kier alpha value is -1.52. The van der Waals surface area contributed by atoms with E-state index in [4.69, 9.17) is 0 Å². The predicted octanol–water partition coefficient (Wildman–Crippen LogP) is -2.56. The van der Waals surface area contributed by atoms with Crippen molar-refractivity contribution < 1.29 is 9.90 Å². The van der Waals surface area contributed by atoms with Crippen LogP contribution in [0.5, 0.6) is 0 Å². The van der Waals surface area contributed by atoms with E-state index in [2.05, 4.69) is 31.3 Å². The number of H-pyrrole nitrogens is 1. The third-order valence-electron chi connectivity index (χ3n) is 4.03. The molecule has 2 aliphatic heterocycles. The third-order valence-corrected chi connectivity index (χ3v) is 4.03. The van der Waals surface area contributed by atoms with E-state index in [-0.39, 0.29) is 5.91 Å². The van der Waals surface area contributed by atoms with Crippen LogP contribution < -0.4 is 16.4 Å². The van der Waals surface area contributed by atoms with Gasteiger partial charge in [-0.3, -0.25) is 9.69 Å². The molecular formula is C13H23N7O2. The molecule has 0 aromatic carbocycles. The molecule has 9 heteroatoms. The molecular weight excluding hydrogens is 286 g/mol. The number of hydrazine groups is 2. The SMILES string of the molecule is O=C(Cc1cnc[nH]1)N1CCN(CC2CNNN2)CC(O)C1. The standard InChI is InChI=1S/C13H23N7O2/c21-12-7-19(6-11-5-16-18-17-11)1-2-20(8-12)13(22)3-10-4-14-9-15-10/h4,9,11-12,16-18,21H,1-3,5-8H2,(H,14,15). The van der Waals surface area contributed by atoms with Gasteiger partial charge in [0.25, 0.3) is 0 Å². The van der Waals surface area contributed by atoms with Crippen molar-refractivity contribution in [1.82, 2.24) is 36.2 Å². The molecule has 1 amide bonds. The van der Waals surface area contributed by atoms with Crippen molar-refractivity contribution in [2.24, 2.45) is 0 Å². The van der Waals surface area contributed by atoms with Gasteiger partial charge < -0.3 is 15.0 Å². The van der Waals surface area contributed by atoms with Crippen molar-refractivity contribution in [3.8, 4) is 0 Å². The van der Waals surface area contributed by atoms with Crippen LogP contribution in [0.25, 0.3) is 0 Å². The molecule has 2 aliphatic rings. The van der Waals surface area contributed by atoms with Crippen molar-refractivity contribution in [2.75, 3.05) is 39.3 Å². The highest BCUT2D eigenvalue weighted by molar-refractivity contribution is 5.78. The quantitative estimate of drug-likeness (QED) is 0.416. The lowest BCUT2D eigenvalue weighted by Crippen LogP contribution is -2.44. The number of aromatic nitrogens is 2. The maximum absolute atomic E-state index is 12.3. The molecule has 2 saturated heterocycles. The number of nitrogens with zero attached hydrogens (tertiary/aromatic N) is 3. The van der Waals surface area contributed by atoms with Crippen molar-refractivity contribution in [3.63, 3.8) is 0 Å². The van der Waals surface area contributed by atoms with Gasteiger partial charge in [0.05, 0.1) is 18.9 Å². The molecule has 0 aliphatic carbocycles. The van der Waals surface area contributed by atoms with Crippen LogP contribution in [0.15, 0.2) is 12.5 Å². The van der Waals surface area contributed by atoms with Gasteiger partial charge in [-0.05, 0) is 0 Å². The molecule has 2 fully saturated rings. The van der Waals surface area contributed by atoms with Crippen LogP contribution in [0, 0.1) is 0 Å². The van der Waals surface area contributed by atoms with Gasteiger partial charge in [-0.2, -0.15) is 5.53 Å². The smallest absolute Gasteiger partial charge is 0.228 e. The van der Waals surface area contributed by atoms with Gasteiger partial charge in [0.2, 0.25) is 5.91 Å². The molecule has 3 heterocycles. The van der Waals surface area contributed by atoms with Crippen molar-refractivity contribution in [3.05, 3.63) is 18.2 Å². The van der Waals surface area contributed by atoms with Gasteiger partial charge in [-0.15, -0.1) is 0 Å². The van der Waals surface area contributed by atoms with Crippen LogP contribution >= 0.6 is 0 Å². The van der Waals surface area contributed by atoms with Gasteiger partial charge in [-0.25, -0.2) is 15.8 Å². The van der Waals surface area contributed by atoms with Gasteiger partial charge in [0.15, 0.2) is 0 Å². The Morgan fingerprint density at radius 2 is 2.32 bits per heavy atom. The first-order valence-corrected chi connectivity index (χ1v) is 7.59. The highest BCUT2D eigenvalue weighted by atomic mass is 16.3. The summed E-state index contributed by atoms with van der Waals surface area (Å²) in [5.74, 6) is 0.0208. The molecule has 0 saturated carbocycles. The fraction of sp³-hybridized carbons (Fsp3) is 0.692. The summed E-state index contributed by atoms with van der Waals surface area (Å²) in [6.07, 6.45) is 3.00. The lowest BCUT2D eigenvalue weighted by molar-refractivity contribution is -0.131. The molecule has 22 heavy (non-hydrogen) atoms. The zero-order chi connectivity index (χ0) is 15.4. The molecule has 122 valence electrons. The Balaban J connectivity index is 1.52. The molecule has 1 aromatic heterocycles. The summed E-state index contributed by atoms with van der Waals surface area (Å²) in [5, 5.41) is 10.2. The minimum atomic E-state index is -0.518. The minimum Gasteiger partial charge on any atom is -0.390 e. The third kappa shape index (κ3) is 4.02. The fourth-order valence-corrected chi connectivity index (χ4v) is 2.90. The highest BCUT2D eigenvalue weighted by Crippen LogP contribution is 2.07. The van der Waals surface area contributed by atoms with Crippen LogP contribution in [0.1, 0.15) is 5.69 Å². The summed E-state index contributed by atoms with van der Waals surface area (Å²) >= 11 is 0. The number of nitrogens with one attached hydrogen (secondary N) is 4. The summed E-state index contributed by atoms with van der Waals surface area (Å²) in [5.41, 5.74) is 9.82. The highest BCUT2D eigenvalue weighted by Gasteiger charge is 2.26. The maximum atomic E-state index is 12.3. The monoisotopic (exact) mass is 309 g/mol. The number of rotatable bonds is 4. The van der Waals surface area contributed by atoms with Gasteiger partial charge in [0.1, 0.15) is 0 Å². The number of hydrogen-bond acceptors (Lipinski definition) is 7. The van der Waals surface area contributed by atoms with Crippen LogP contribution in [0.3, 0.4) is 0 Å². The lowest BCUT2D eigenvalue weighted by atomic mass is 10.2. The summed E-state index contributed by atoms with van der Waals surface area (Å²) in [6, 6.07) is 0.305. The molecule has 0 bridgehead atoms. The number of aromatic amines is 1. The van der Waals surface area contributed by atoms with E-state index in [1.807, 2.05) is 0 Å². The topological polar surface area (TPSA) is 109 Å². The van der Waals surface area contributed by atoms with Crippen molar-refractivity contribution >= 4 is 5.91 Å². The van der Waals surface area contributed by atoms with E-state index >= 15 is 0 Å². The molecule has 1 aromatic rings. The van der Waals surface area contributed by atoms with Gasteiger partial charge >= 0.3 is 0 Å². The number of aliphatic hydroxyl groups excluding tert-OH is 1. The van der Waals surface area contributed by atoms with Gasteiger partial charge in [-0.1, -0.05) is 0 Å². The van der Waals surface area contributed by atoms with E-state index in [9.17, 15) is 9.90 Å². The molecule has 0 radical (unpaired) electrons. The van der Waals surface area contributed by atoms with Crippen molar-refractivity contribution in [1.29, 1.82) is 0 Å². The number of carbonyl (C=O) groups excluding carboxylic acids is 1. The Morgan fingerprint density at radius 1 is 1.41 bits per heavy atom. The van der Waals surface area contributed by atoms with Crippen LogP contribution in [-0.4, -0.2) is 82.2 Å². The number of amides is 1. The summed E-state index contributed by atoms with van der Waals surface area (Å²) in [6.45, 7) is 4.06. The summed E-state index contributed by atoms with van der Waals surface area (Å²) in [7, 11) is 0. The average Bonchev–Trinajstić information content (AvgIpc) is 3.13. The Labute approximate surface area is 129 Å². The number of carbonyl (C=O) groups is 1. The maximum Gasteiger partial charge on any atom is 0.228 e. The Bertz CT molecular complexity index is 475. The Morgan fingerprint density at radius 3 is 3.05 bits per heavy atom. The fourth-order valence-electron chi connectivity index (χ4n) is 2.90. The molecule has 5 N–H and O–H groups in total. The second-order valence-corrected chi connectivity index (χ2v) is 5.85. The molecule has 9 nitrogen and oxygen atoms in total. The molecule has 2 unspecified atom stereocenters. The number of hydrogen-bond donors (Lipinski definition) is 5. The Kier molecular flexibility index (Phi) is 5.01. The second-order valence-electron chi connectivity index (χ2n) is 5.85. The van der Waals surface area contributed by atoms with E-state index in [0.29, 0.717) is 32.1 Å². The van der Waals surface area contributed by atoms with E-state index < -0.39 is 6.10 Å². The van der Waals surface area contributed by atoms with Gasteiger partial charge in [0, 0.05) is 57.2 Å². The van der Waals surface area contributed by atoms with E-state index in [1.54, 1.807) is 17.4 Å². The van der Waals surface area contributed by atoms with Crippen LogP contribution in [0.2, 0.25) is 0 Å². The number of aliphatic hydroxyl groups is 1. The van der Waals surface area contributed by atoms with Crippen LogP contribution in [0.4, 0.5) is 0 Å². The largest absolute Gasteiger partial charge is 0.390 e. The molecule has 2 atom stereocenters. The zero-order valence-electron chi connectivity index (χ0n) is 12.5. The summed E-state index contributed by atoms with van der Waals surface area (Å²) < 4.78 is 0. The number of imidazole rings is 1. The van der Waals surface area contributed by atoms with E-state index in [1.165, 1.54) is 0 Å². The summed E-state index contributed by atoms with van der Waals surface area (Å²) in [4.78, 5) is 23.1. The molecule has 3 rings (SSSR count). The first-order valence-electron chi connectivity index (χ1n) is 7.59. The first-order chi connectivity index (χ1) is 10.7. The predicted molar refractivity (Wildman–Crippen MR) is 79.4 cm³/mol. The first kappa shape index (κ1) is 15.4. The average molecular weight is 309 g/mol. The van der Waals surface area contributed by atoms with E-state index in [0.717, 1.165) is 25.3 Å². The molecule has 0 spiro atoms. The minimum absolute atomic E-state index is 0.0208.